The number of thiazole rings is 1. The molecule has 0 aliphatic heterocycles. The Kier molecular flexibility index (Phi) is 5.08. The van der Waals surface area contributed by atoms with E-state index in [2.05, 4.69) is 28.4 Å². The van der Waals surface area contributed by atoms with E-state index >= 15 is 0 Å². The Labute approximate surface area is 148 Å². The maximum absolute atomic E-state index is 9.44. The van der Waals surface area contributed by atoms with E-state index in [-0.39, 0.29) is 5.75 Å². The molecule has 0 unspecified atom stereocenters. The van der Waals surface area contributed by atoms with Crippen LogP contribution in [0.15, 0.2) is 69.9 Å². The molecule has 0 spiro atoms. The second-order valence-electron chi connectivity index (χ2n) is 5.05. The van der Waals surface area contributed by atoms with Crippen molar-refractivity contribution in [2.75, 3.05) is 6.54 Å². The van der Waals surface area contributed by atoms with Crippen LogP contribution in [0.4, 0.5) is 0 Å². The summed E-state index contributed by atoms with van der Waals surface area (Å²) < 4.78 is 1.88. The first kappa shape index (κ1) is 16.4. The van der Waals surface area contributed by atoms with E-state index in [1.54, 1.807) is 40.9 Å². The summed E-state index contributed by atoms with van der Waals surface area (Å²) >= 11 is 3.24. The molecule has 0 fully saturated rings. The van der Waals surface area contributed by atoms with Crippen LogP contribution in [0.2, 0.25) is 0 Å². The number of phenolic OH excluding ortho intramolecular Hbond substituents is 1. The van der Waals surface area contributed by atoms with Crippen LogP contribution >= 0.6 is 22.7 Å². The summed E-state index contributed by atoms with van der Waals surface area (Å²) in [5.74, 6) is 0.246. The van der Waals surface area contributed by atoms with Gasteiger partial charge in [-0.05, 0) is 48.2 Å². The molecule has 0 bridgehead atoms. The van der Waals surface area contributed by atoms with Crippen molar-refractivity contribution in [2.24, 2.45) is 10.1 Å². The fourth-order valence-corrected chi connectivity index (χ4v) is 3.79. The molecule has 0 aliphatic carbocycles. The van der Waals surface area contributed by atoms with Gasteiger partial charge in [-0.25, -0.2) is 4.68 Å². The first-order valence-corrected chi connectivity index (χ1v) is 9.16. The average Bonchev–Trinajstić information content (AvgIpc) is 3.23. The van der Waals surface area contributed by atoms with Crippen LogP contribution < -0.4 is 4.80 Å². The lowest BCUT2D eigenvalue weighted by Gasteiger charge is -2.05. The van der Waals surface area contributed by atoms with Crippen molar-refractivity contribution < 1.29 is 5.11 Å². The third-order valence-electron chi connectivity index (χ3n) is 3.35. The molecule has 1 aromatic carbocycles. The fraction of sp³-hybridized carbons (Fsp3) is 0.111. The molecular formula is C18H17N3OS2. The van der Waals surface area contributed by atoms with Crippen LogP contribution in [0.25, 0.3) is 10.6 Å². The number of aromatic hydroxyl groups is 1. The van der Waals surface area contributed by atoms with Crippen molar-refractivity contribution >= 4 is 28.4 Å². The van der Waals surface area contributed by atoms with Gasteiger partial charge in [-0.2, -0.15) is 5.10 Å². The van der Waals surface area contributed by atoms with E-state index in [0.29, 0.717) is 6.54 Å². The molecule has 0 amide bonds. The van der Waals surface area contributed by atoms with Gasteiger partial charge in [-0.15, -0.1) is 29.3 Å². The molecule has 2 heterocycles. The highest BCUT2D eigenvalue weighted by Gasteiger charge is 2.09. The van der Waals surface area contributed by atoms with Crippen LogP contribution in [0.5, 0.6) is 5.75 Å². The van der Waals surface area contributed by atoms with Crippen molar-refractivity contribution in [2.45, 2.75) is 6.92 Å². The van der Waals surface area contributed by atoms with E-state index in [1.807, 2.05) is 29.8 Å². The quantitative estimate of drug-likeness (QED) is 0.537. The maximum atomic E-state index is 9.44. The molecular weight excluding hydrogens is 338 g/mol. The second kappa shape index (κ2) is 7.42. The zero-order valence-electron chi connectivity index (χ0n) is 13.2. The molecule has 0 aliphatic rings. The normalized spacial score (nSPS) is 12.5. The van der Waals surface area contributed by atoms with Gasteiger partial charge in [0.05, 0.1) is 22.8 Å². The number of phenols is 1. The summed E-state index contributed by atoms with van der Waals surface area (Å²) in [7, 11) is 0. The molecule has 3 rings (SSSR count). The molecule has 24 heavy (non-hydrogen) atoms. The van der Waals surface area contributed by atoms with Crippen LogP contribution in [0.1, 0.15) is 12.5 Å². The number of rotatable bonds is 5. The van der Waals surface area contributed by atoms with E-state index in [4.69, 9.17) is 5.10 Å². The summed E-state index contributed by atoms with van der Waals surface area (Å²) in [5.41, 5.74) is 2.83. The second-order valence-corrected chi connectivity index (χ2v) is 6.84. The van der Waals surface area contributed by atoms with Crippen molar-refractivity contribution in [3.05, 3.63) is 70.2 Å². The summed E-state index contributed by atoms with van der Waals surface area (Å²) in [4.78, 5) is 6.51. The third kappa shape index (κ3) is 3.55. The molecule has 4 nitrogen and oxygen atoms in total. The number of benzene rings is 1. The van der Waals surface area contributed by atoms with Crippen molar-refractivity contribution in [3.8, 4) is 16.3 Å². The summed E-state index contributed by atoms with van der Waals surface area (Å²) in [6, 6.07) is 11.1. The Morgan fingerprint density at radius 1 is 1.25 bits per heavy atom. The predicted octanol–water partition coefficient (Wildman–Crippen LogP) is 4.34. The van der Waals surface area contributed by atoms with Crippen molar-refractivity contribution in [1.82, 2.24) is 4.68 Å². The minimum atomic E-state index is 0.246. The molecule has 3 aromatic rings. The Bertz CT molecular complexity index is 916. The van der Waals surface area contributed by atoms with Crippen molar-refractivity contribution in [3.63, 3.8) is 0 Å². The summed E-state index contributed by atoms with van der Waals surface area (Å²) in [5, 5.41) is 18.3. The van der Waals surface area contributed by atoms with Gasteiger partial charge in [0.2, 0.25) is 4.80 Å². The van der Waals surface area contributed by atoms with Gasteiger partial charge in [0.25, 0.3) is 0 Å². The zero-order valence-corrected chi connectivity index (χ0v) is 14.8. The van der Waals surface area contributed by atoms with E-state index in [1.165, 1.54) is 0 Å². The highest BCUT2D eigenvalue weighted by Crippen LogP contribution is 2.25. The van der Waals surface area contributed by atoms with Crippen LogP contribution in [-0.2, 0) is 0 Å². The monoisotopic (exact) mass is 355 g/mol. The molecule has 122 valence electrons. The number of hydrogen-bond donors (Lipinski definition) is 1. The summed E-state index contributed by atoms with van der Waals surface area (Å²) in [6.45, 7) is 6.23. The molecule has 6 heteroatoms. The minimum Gasteiger partial charge on any atom is -0.508 e. The molecule has 2 aromatic heterocycles. The van der Waals surface area contributed by atoms with E-state index in [9.17, 15) is 5.11 Å². The zero-order chi connectivity index (χ0) is 16.9. The van der Waals surface area contributed by atoms with Gasteiger partial charge >= 0.3 is 0 Å². The molecule has 0 saturated carbocycles. The van der Waals surface area contributed by atoms with Gasteiger partial charge in [0.15, 0.2) is 0 Å². The Morgan fingerprint density at radius 3 is 2.71 bits per heavy atom. The Hall–Kier alpha value is -2.44. The SMILES string of the molecule is C=CCN=c1scc(-c2cccs2)n1N=C(C)c1ccc(O)cc1. The fourth-order valence-electron chi connectivity index (χ4n) is 2.15. The predicted molar refractivity (Wildman–Crippen MR) is 102 cm³/mol. The molecule has 0 atom stereocenters. The standard InChI is InChI=1S/C18H17N3OS2/c1-3-10-19-18-21(16(12-24-18)17-5-4-11-23-17)20-13(2)14-6-8-15(22)9-7-14/h3-9,11-12,22H,1,10H2,2H3. The number of aromatic nitrogens is 1. The smallest absolute Gasteiger partial charge is 0.206 e. The van der Waals surface area contributed by atoms with Gasteiger partial charge < -0.3 is 5.11 Å². The van der Waals surface area contributed by atoms with E-state index in [0.717, 1.165) is 26.6 Å². The van der Waals surface area contributed by atoms with Crippen LogP contribution in [0.3, 0.4) is 0 Å². The van der Waals surface area contributed by atoms with Gasteiger partial charge in [0, 0.05) is 5.38 Å². The molecule has 0 radical (unpaired) electrons. The summed E-state index contributed by atoms with van der Waals surface area (Å²) in [6.07, 6.45) is 1.77. The number of nitrogens with zero attached hydrogens (tertiary/aromatic N) is 3. The number of hydrogen-bond acceptors (Lipinski definition) is 5. The Balaban J connectivity index is 2.10. The van der Waals surface area contributed by atoms with Crippen LogP contribution in [0, 0.1) is 0 Å². The van der Waals surface area contributed by atoms with Gasteiger partial charge in [-0.1, -0.05) is 12.1 Å². The minimum absolute atomic E-state index is 0.246. The largest absolute Gasteiger partial charge is 0.508 e. The first-order valence-electron chi connectivity index (χ1n) is 7.40. The van der Waals surface area contributed by atoms with Gasteiger partial charge in [-0.3, -0.25) is 4.99 Å². The molecule has 1 N–H and O–H groups in total. The highest BCUT2D eigenvalue weighted by atomic mass is 32.1. The van der Waals surface area contributed by atoms with Crippen LogP contribution in [-0.4, -0.2) is 22.0 Å². The molecule has 0 saturated heterocycles. The average molecular weight is 355 g/mol. The lowest BCUT2D eigenvalue weighted by molar-refractivity contribution is 0.475. The Morgan fingerprint density at radius 2 is 2.04 bits per heavy atom. The number of thiophene rings is 1. The van der Waals surface area contributed by atoms with Gasteiger partial charge in [0.1, 0.15) is 5.75 Å². The van der Waals surface area contributed by atoms with Crippen molar-refractivity contribution in [1.29, 1.82) is 0 Å². The highest BCUT2D eigenvalue weighted by molar-refractivity contribution is 7.14. The topological polar surface area (TPSA) is 49.9 Å². The first-order chi connectivity index (χ1) is 11.7. The lowest BCUT2D eigenvalue weighted by atomic mass is 10.1. The maximum Gasteiger partial charge on any atom is 0.206 e. The lowest BCUT2D eigenvalue weighted by Crippen LogP contribution is -2.14. The van der Waals surface area contributed by atoms with E-state index < -0.39 is 0 Å². The third-order valence-corrected chi connectivity index (χ3v) is 5.10.